The Bertz CT molecular complexity index is 1320. The predicted octanol–water partition coefficient (Wildman–Crippen LogP) is 3.69. The molecule has 0 bridgehead atoms. The van der Waals surface area contributed by atoms with Gasteiger partial charge in [0.2, 0.25) is 5.91 Å². The maximum Gasteiger partial charge on any atom is 0.269 e. The number of piperazine rings is 1. The molecule has 3 aromatic rings. The summed E-state index contributed by atoms with van der Waals surface area (Å²) in [5.74, 6) is -0.416. The summed E-state index contributed by atoms with van der Waals surface area (Å²) >= 11 is 0. The summed E-state index contributed by atoms with van der Waals surface area (Å²) in [5, 5.41) is 24.1. The van der Waals surface area contributed by atoms with Gasteiger partial charge in [0.05, 0.1) is 28.1 Å². The summed E-state index contributed by atoms with van der Waals surface area (Å²) in [4.78, 5) is 28.9. The van der Waals surface area contributed by atoms with Gasteiger partial charge in [0.15, 0.2) is 0 Å². The molecule has 2 aliphatic rings. The molecular formula is C28H27N5O3. The van der Waals surface area contributed by atoms with E-state index in [2.05, 4.69) is 21.2 Å². The number of benzene rings is 3. The normalized spacial score (nSPS) is 18.5. The molecule has 36 heavy (non-hydrogen) atoms. The van der Waals surface area contributed by atoms with Crippen LogP contribution in [0, 0.1) is 27.4 Å². The van der Waals surface area contributed by atoms with Crippen LogP contribution in [-0.2, 0) is 17.6 Å². The van der Waals surface area contributed by atoms with Crippen LogP contribution in [0.1, 0.15) is 16.7 Å². The van der Waals surface area contributed by atoms with Gasteiger partial charge in [-0.2, -0.15) is 5.26 Å². The fourth-order valence-electron chi connectivity index (χ4n) is 5.39. The third-order valence-corrected chi connectivity index (χ3v) is 7.16. The van der Waals surface area contributed by atoms with Crippen molar-refractivity contribution in [3.63, 3.8) is 0 Å². The number of nitro groups is 1. The van der Waals surface area contributed by atoms with Crippen LogP contribution in [0.5, 0.6) is 0 Å². The highest BCUT2D eigenvalue weighted by atomic mass is 16.6. The van der Waals surface area contributed by atoms with Gasteiger partial charge in [-0.05, 0) is 42.2 Å². The minimum atomic E-state index is -0.391. The summed E-state index contributed by atoms with van der Waals surface area (Å²) in [7, 11) is 0. The molecule has 0 aliphatic carbocycles. The van der Waals surface area contributed by atoms with Gasteiger partial charge in [0.1, 0.15) is 6.07 Å². The third-order valence-electron chi connectivity index (χ3n) is 7.16. The molecule has 2 heterocycles. The van der Waals surface area contributed by atoms with Crippen LogP contribution >= 0.6 is 0 Å². The Labute approximate surface area is 209 Å². The molecule has 1 amide bonds. The number of fused-ring (bicyclic) bond motifs is 3. The van der Waals surface area contributed by atoms with E-state index in [4.69, 9.17) is 0 Å². The van der Waals surface area contributed by atoms with Crippen LogP contribution in [0.15, 0.2) is 72.8 Å². The lowest BCUT2D eigenvalue weighted by atomic mass is 9.83. The van der Waals surface area contributed by atoms with Crippen LogP contribution in [-0.4, -0.2) is 43.1 Å². The summed E-state index contributed by atoms with van der Waals surface area (Å²) in [6.45, 7) is 2.46. The molecule has 2 aliphatic heterocycles. The minimum Gasteiger partial charge on any atom is -0.367 e. The first-order valence-electron chi connectivity index (χ1n) is 12.1. The molecule has 3 aromatic carbocycles. The number of amides is 1. The summed E-state index contributed by atoms with van der Waals surface area (Å²) < 4.78 is 0. The Morgan fingerprint density at radius 3 is 2.61 bits per heavy atom. The van der Waals surface area contributed by atoms with Crippen molar-refractivity contribution in [2.24, 2.45) is 5.92 Å². The summed E-state index contributed by atoms with van der Waals surface area (Å²) in [6.07, 6.45) is 1.17. The van der Waals surface area contributed by atoms with Crippen molar-refractivity contribution in [1.29, 1.82) is 5.26 Å². The number of carbonyl (C=O) groups is 1. The molecule has 5 rings (SSSR count). The number of carbonyl (C=O) groups excluding carboxylic acids is 1. The van der Waals surface area contributed by atoms with Crippen molar-refractivity contribution in [1.82, 2.24) is 5.32 Å². The van der Waals surface area contributed by atoms with Gasteiger partial charge in [0.25, 0.3) is 5.69 Å². The van der Waals surface area contributed by atoms with Gasteiger partial charge in [-0.15, -0.1) is 0 Å². The molecule has 0 radical (unpaired) electrons. The molecule has 0 spiro atoms. The second-order valence-electron chi connectivity index (χ2n) is 9.24. The number of nitriles is 1. The standard InChI is InChI=1S/C28H27N5O3/c29-18-21-8-4-5-9-25(21)31-14-15-32-26-11-10-23(33(35)36)16-22(26)17-24(27(32)19-31)28(34)30-13-12-20-6-2-1-3-7-20/h1-11,16,24,27H,12-15,17,19H2,(H,30,34). The van der Waals surface area contributed by atoms with Crippen molar-refractivity contribution < 1.29 is 9.72 Å². The van der Waals surface area contributed by atoms with Gasteiger partial charge >= 0.3 is 0 Å². The van der Waals surface area contributed by atoms with Crippen molar-refractivity contribution in [2.45, 2.75) is 18.9 Å². The highest BCUT2D eigenvalue weighted by molar-refractivity contribution is 5.82. The first-order chi connectivity index (χ1) is 17.5. The van der Waals surface area contributed by atoms with E-state index in [1.54, 1.807) is 6.07 Å². The average molecular weight is 482 g/mol. The number of para-hydroxylation sites is 1. The van der Waals surface area contributed by atoms with E-state index in [1.165, 1.54) is 6.07 Å². The molecule has 182 valence electrons. The molecule has 2 atom stereocenters. The molecule has 0 aromatic heterocycles. The SMILES string of the molecule is N#Cc1ccccc1N1CCN2c3ccc([N+](=O)[O-])cc3CC(C(=O)NCCc3ccccc3)C2C1. The monoisotopic (exact) mass is 481 g/mol. The highest BCUT2D eigenvalue weighted by Crippen LogP contribution is 2.39. The zero-order chi connectivity index (χ0) is 25.1. The number of rotatable bonds is 6. The smallest absolute Gasteiger partial charge is 0.269 e. The molecule has 1 fully saturated rings. The zero-order valence-electron chi connectivity index (χ0n) is 19.8. The summed E-state index contributed by atoms with van der Waals surface area (Å²) in [5.41, 5.74) is 4.46. The molecular weight excluding hydrogens is 454 g/mol. The first-order valence-corrected chi connectivity index (χ1v) is 12.1. The fourth-order valence-corrected chi connectivity index (χ4v) is 5.39. The van der Waals surface area contributed by atoms with E-state index >= 15 is 0 Å². The maximum absolute atomic E-state index is 13.5. The molecule has 8 heteroatoms. The lowest BCUT2D eigenvalue weighted by Gasteiger charge is -2.49. The Hall–Kier alpha value is -4.38. The maximum atomic E-state index is 13.5. The van der Waals surface area contributed by atoms with Gasteiger partial charge in [0, 0.05) is 44.0 Å². The zero-order valence-corrected chi connectivity index (χ0v) is 19.8. The molecule has 0 saturated carbocycles. The number of hydrogen-bond donors (Lipinski definition) is 1. The Morgan fingerprint density at radius 2 is 1.83 bits per heavy atom. The largest absolute Gasteiger partial charge is 0.367 e. The van der Waals surface area contributed by atoms with Gasteiger partial charge < -0.3 is 15.1 Å². The number of anilines is 2. The second-order valence-corrected chi connectivity index (χ2v) is 9.24. The Balaban J connectivity index is 1.41. The lowest BCUT2D eigenvalue weighted by molar-refractivity contribution is -0.384. The van der Waals surface area contributed by atoms with E-state index in [-0.39, 0.29) is 23.6 Å². The molecule has 1 saturated heterocycles. The van der Waals surface area contributed by atoms with Crippen molar-refractivity contribution in [3.05, 3.63) is 99.6 Å². The third kappa shape index (κ3) is 4.60. The quantitative estimate of drug-likeness (QED) is 0.426. The Morgan fingerprint density at radius 1 is 1.06 bits per heavy atom. The number of nitrogens with one attached hydrogen (secondary N) is 1. The van der Waals surface area contributed by atoms with E-state index in [1.807, 2.05) is 60.7 Å². The fraction of sp³-hybridized carbons (Fsp3) is 0.286. The molecule has 8 nitrogen and oxygen atoms in total. The van der Waals surface area contributed by atoms with Crippen LogP contribution in [0.3, 0.4) is 0 Å². The average Bonchev–Trinajstić information content (AvgIpc) is 2.92. The van der Waals surface area contributed by atoms with Crippen molar-refractivity contribution >= 4 is 23.0 Å². The number of nitro benzene ring substituents is 1. The van der Waals surface area contributed by atoms with E-state index in [0.717, 1.165) is 28.9 Å². The summed E-state index contributed by atoms with van der Waals surface area (Å²) in [6, 6.07) is 24.6. The van der Waals surface area contributed by atoms with E-state index in [0.29, 0.717) is 38.2 Å². The van der Waals surface area contributed by atoms with E-state index < -0.39 is 4.92 Å². The number of hydrogen-bond acceptors (Lipinski definition) is 6. The topological polar surface area (TPSA) is 103 Å². The molecule has 1 N–H and O–H groups in total. The first kappa shape index (κ1) is 23.4. The van der Waals surface area contributed by atoms with Crippen LogP contribution in [0.2, 0.25) is 0 Å². The number of nitrogens with zero attached hydrogens (tertiary/aromatic N) is 4. The van der Waals surface area contributed by atoms with Gasteiger partial charge in [-0.1, -0.05) is 42.5 Å². The highest BCUT2D eigenvalue weighted by Gasteiger charge is 2.42. The predicted molar refractivity (Wildman–Crippen MR) is 138 cm³/mol. The minimum absolute atomic E-state index is 0.0389. The molecule has 2 unspecified atom stereocenters. The van der Waals surface area contributed by atoms with Crippen LogP contribution < -0.4 is 15.1 Å². The van der Waals surface area contributed by atoms with Gasteiger partial charge in [-0.3, -0.25) is 14.9 Å². The van der Waals surface area contributed by atoms with Crippen LogP contribution in [0.4, 0.5) is 17.1 Å². The van der Waals surface area contributed by atoms with Gasteiger partial charge in [-0.25, -0.2) is 0 Å². The second kappa shape index (κ2) is 10.1. The lowest BCUT2D eigenvalue weighted by Crippen LogP contribution is -2.61. The van der Waals surface area contributed by atoms with Crippen molar-refractivity contribution in [3.8, 4) is 6.07 Å². The Kier molecular flexibility index (Phi) is 6.54. The van der Waals surface area contributed by atoms with Crippen LogP contribution in [0.25, 0.3) is 0 Å². The number of non-ortho nitro benzene ring substituents is 1. The van der Waals surface area contributed by atoms with E-state index in [9.17, 15) is 20.2 Å². The van der Waals surface area contributed by atoms with Crippen molar-refractivity contribution in [2.75, 3.05) is 36.0 Å².